The second-order valence-electron chi connectivity index (χ2n) is 6.50. The van der Waals surface area contributed by atoms with E-state index in [0.29, 0.717) is 18.2 Å². The van der Waals surface area contributed by atoms with Gasteiger partial charge in [0.1, 0.15) is 5.82 Å². The number of anilines is 1. The van der Waals surface area contributed by atoms with Gasteiger partial charge in [0, 0.05) is 19.3 Å². The van der Waals surface area contributed by atoms with E-state index in [4.69, 9.17) is 23.8 Å². The van der Waals surface area contributed by atoms with E-state index >= 15 is 0 Å². The zero-order valence-corrected chi connectivity index (χ0v) is 17.3. The van der Waals surface area contributed by atoms with Crippen LogP contribution in [0.3, 0.4) is 0 Å². The van der Waals surface area contributed by atoms with Crippen LogP contribution < -0.4 is 10.6 Å². The average Bonchev–Trinajstić information content (AvgIpc) is 3.20. The highest BCUT2D eigenvalue weighted by Crippen LogP contribution is 2.18. The summed E-state index contributed by atoms with van der Waals surface area (Å²) in [6.45, 7) is 5.91. The molecule has 6 nitrogen and oxygen atoms in total. The van der Waals surface area contributed by atoms with Crippen molar-refractivity contribution in [3.8, 4) is 0 Å². The highest BCUT2D eigenvalue weighted by atomic mass is 35.5. The Hall–Kier alpha value is -2.45. The normalized spacial score (nSPS) is 10.9. The van der Waals surface area contributed by atoms with Crippen LogP contribution in [0.25, 0.3) is 0 Å². The molecule has 2 aromatic heterocycles. The van der Waals surface area contributed by atoms with Crippen molar-refractivity contribution in [3.63, 3.8) is 0 Å². The van der Waals surface area contributed by atoms with Crippen molar-refractivity contribution >= 4 is 34.6 Å². The third-order valence-electron chi connectivity index (χ3n) is 4.27. The van der Waals surface area contributed by atoms with Crippen LogP contribution in [-0.2, 0) is 13.1 Å². The summed E-state index contributed by atoms with van der Waals surface area (Å²) in [6, 6.07) is 6.37. The van der Waals surface area contributed by atoms with Crippen LogP contribution in [-0.4, -0.2) is 31.2 Å². The number of aromatic nitrogens is 4. The SMILES string of the molecule is Cc1nn(CCCNC(=S)Nc2cnn(Cc3ccc(F)cc3)c2)c(C)c1Cl. The lowest BCUT2D eigenvalue weighted by Crippen LogP contribution is -2.29. The third-order valence-corrected chi connectivity index (χ3v) is 5.07. The minimum atomic E-state index is -0.246. The fourth-order valence-electron chi connectivity index (χ4n) is 2.79. The number of aryl methyl sites for hydroxylation is 2. The quantitative estimate of drug-likeness (QED) is 0.448. The molecule has 0 aliphatic heterocycles. The molecule has 9 heteroatoms. The molecule has 0 spiro atoms. The van der Waals surface area contributed by atoms with E-state index in [1.165, 1.54) is 12.1 Å². The Morgan fingerprint density at radius 3 is 2.68 bits per heavy atom. The van der Waals surface area contributed by atoms with Crippen LogP contribution in [0.2, 0.25) is 5.02 Å². The smallest absolute Gasteiger partial charge is 0.170 e. The maximum absolute atomic E-state index is 13.0. The molecule has 2 N–H and O–H groups in total. The van der Waals surface area contributed by atoms with Gasteiger partial charge in [-0.3, -0.25) is 9.36 Å². The van der Waals surface area contributed by atoms with Gasteiger partial charge in [-0.2, -0.15) is 10.2 Å². The van der Waals surface area contributed by atoms with Crippen molar-refractivity contribution in [2.75, 3.05) is 11.9 Å². The molecule has 0 saturated carbocycles. The van der Waals surface area contributed by atoms with Crippen molar-refractivity contribution in [2.45, 2.75) is 33.4 Å². The first kappa shape index (κ1) is 20.3. The largest absolute Gasteiger partial charge is 0.362 e. The summed E-state index contributed by atoms with van der Waals surface area (Å²) in [5, 5.41) is 16.3. The molecule has 0 atom stereocenters. The zero-order valence-electron chi connectivity index (χ0n) is 15.7. The summed E-state index contributed by atoms with van der Waals surface area (Å²) in [7, 11) is 0. The lowest BCUT2D eigenvalue weighted by Gasteiger charge is -2.09. The fraction of sp³-hybridized carbons (Fsp3) is 0.316. The molecule has 148 valence electrons. The van der Waals surface area contributed by atoms with Crippen molar-refractivity contribution in [1.29, 1.82) is 0 Å². The predicted molar refractivity (Wildman–Crippen MR) is 113 cm³/mol. The fourth-order valence-corrected chi connectivity index (χ4v) is 3.15. The minimum absolute atomic E-state index is 0.246. The monoisotopic (exact) mass is 420 g/mol. The van der Waals surface area contributed by atoms with Gasteiger partial charge < -0.3 is 10.6 Å². The molecule has 0 amide bonds. The molecule has 0 aliphatic carbocycles. The van der Waals surface area contributed by atoms with E-state index < -0.39 is 0 Å². The first-order valence-electron chi connectivity index (χ1n) is 8.93. The first-order chi connectivity index (χ1) is 13.4. The summed E-state index contributed by atoms with van der Waals surface area (Å²) in [5.41, 5.74) is 3.60. The standard InChI is InChI=1S/C19H22ClFN6S/c1-13-18(20)14(2)27(25-13)9-3-8-22-19(28)24-17-10-23-26(12-17)11-15-4-6-16(21)7-5-15/h4-7,10,12H,3,8-9,11H2,1-2H3,(H2,22,24,28). The number of thiocarbonyl (C=S) groups is 1. The van der Waals surface area contributed by atoms with E-state index in [9.17, 15) is 4.39 Å². The Kier molecular flexibility index (Phi) is 6.64. The lowest BCUT2D eigenvalue weighted by atomic mass is 10.2. The topological polar surface area (TPSA) is 59.7 Å². The molecular weight excluding hydrogens is 399 g/mol. The van der Waals surface area contributed by atoms with E-state index in [0.717, 1.165) is 40.6 Å². The van der Waals surface area contributed by atoms with E-state index in [-0.39, 0.29) is 5.82 Å². The molecule has 1 aromatic carbocycles. The van der Waals surface area contributed by atoms with Crippen LogP contribution in [0.15, 0.2) is 36.7 Å². The van der Waals surface area contributed by atoms with Crippen LogP contribution in [0, 0.1) is 19.7 Å². The molecule has 0 aliphatic rings. The van der Waals surface area contributed by atoms with Crippen LogP contribution in [0.5, 0.6) is 0 Å². The number of nitrogens with zero attached hydrogens (tertiary/aromatic N) is 4. The first-order valence-corrected chi connectivity index (χ1v) is 9.72. The maximum atomic E-state index is 13.0. The van der Waals surface area contributed by atoms with Gasteiger partial charge in [0.2, 0.25) is 0 Å². The summed E-state index contributed by atoms with van der Waals surface area (Å²) >= 11 is 11.5. The second kappa shape index (κ2) is 9.16. The summed E-state index contributed by atoms with van der Waals surface area (Å²) in [6.07, 6.45) is 4.43. The Morgan fingerprint density at radius 2 is 2.00 bits per heavy atom. The molecule has 0 fully saturated rings. The molecule has 0 bridgehead atoms. The Morgan fingerprint density at radius 1 is 1.25 bits per heavy atom. The Bertz CT molecular complexity index is 950. The number of hydrogen-bond acceptors (Lipinski definition) is 3. The average molecular weight is 421 g/mol. The van der Waals surface area contributed by atoms with Crippen LogP contribution >= 0.6 is 23.8 Å². The van der Waals surface area contributed by atoms with Gasteiger partial charge in [-0.1, -0.05) is 23.7 Å². The van der Waals surface area contributed by atoms with Gasteiger partial charge in [-0.15, -0.1) is 0 Å². The van der Waals surface area contributed by atoms with Crippen molar-refractivity contribution in [1.82, 2.24) is 24.9 Å². The minimum Gasteiger partial charge on any atom is -0.362 e. The molecule has 0 saturated heterocycles. The number of hydrogen-bond donors (Lipinski definition) is 2. The molecule has 0 unspecified atom stereocenters. The van der Waals surface area contributed by atoms with Crippen molar-refractivity contribution < 1.29 is 4.39 Å². The van der Waals surface area contributed by atoms with Gasteiger partial charge in [0.15, 0.2) is 5.11 Å². The molecule has 0 radical (unpaired) electrons. The summed E-state index contributed by atoms with van der Waals surface area (Å²) in [4.78, 5) is 0. The Balaban J connectivity index is 1.42. The highest BCUT2D eigenvalue weighted by Gasteiger charge is 2.08. The molecule has 3 rings (SSSR count). The molecular formula is C19H22ClFN6S. The second-order valence-corrected chi connectivity index (χ2v) is 7.28. The van der Waals surface area contributed by atoms with Crippen LogP contribution in [0.1, 0.15) is 23.4 Å². The third kappa shape index (κ3) is 5.30. The van der Waals surface area contributed by atoms with E-state index in [1.54, 1.807) is 23.0 Å². The van der Waals surface area contributed by atoms with Crippen LogP contribution in [0.4, 0.5) is 10.1 Å². The van der Waals surface area contributed by atoms with Crippen molar-refractivity contribution in [2.24, 2.45) is 0 Å². The maximum Gasteiger partial charge on any atom is 0.170 e. The number of benzene rings is 1. The Labute approximate surface area is 173 Å². The molecule has 2 heterocycles. The van der Waals surface area contributed by atoms with E-state index in [1.807, 2.05) is 24.7 Å². The number of rotatable bonds is 7. The molecule has 28 heavy (non-hydrogen) atoms. The van der Waals surface area contributed by atoms with Crippen molar-refractivity contribution in [3.05, 3.63) is 64.5 Å². The van der Waals surface area contributed by atoms with Gasteiger partial charge in [0.05, 0.1) is 34.8 Å². The zero-order chi connectivity index (χ0) is 20.1. The van der Waals surface area contributed by atoms with Gasteiger partial charge in [-0.05, 0) is 50.2 Å². The highest BCUT2D eigenvalue weighted by molar-refractivity contribution is 7.80. The summed E-state index contributed by atoms with van der Waals surface area (Å²) < 4.78 is 16.7. The van der Waals surface area contributed by atoms with Gasteiger partial charge in [-0.25, -0.2) is 4.39 Å². The number of halogens is 2. The van der Waals surface area contributed by atoms with Gasteiger partial charge in [0.25, 0.3) is 0 Å². The summed E-state index contributed by atoms with van der Waals surface area (Å²) in [5.74, 6) is -0.246. The number of nitrogens with one attached hydrogen (secondary N) is 2. The molecule has 3 aromatic rings. The van der Waals surface area contributed by atoms with E-state index in [2.05, 4.69) is 20.8 Å². The lowest BCUT2D eigenvalue weighted by molar-refractivity contribution is 0.558. The van der Waals surface area contributed by atoms with Gasteiger partial charge >= 0.3 is 0 Å². The predicted octanol–water partition coefficient (Wildman–Crippen LogP) is 3.91.